The number of carbonyl (C=O) groups is 3. The highest BCUT2D eigenvalue weighted by atomic mass is 32.2. The number of carboxylic acid groups (broad SMARTS) is 1. The van der Waals surface area contributed by atoms with Crippen LogP contribution >= 0.6 is 0 Å². The Labute approximate surface area is 116 Å². The molecule has 0 aromatic heterocycles. The largest absolute Gasteiger partial charge is 0.480 e. The summed E-state index contributed by atoms with van der Waals surface area (Å²) in [6.45, 7) is 0. The number of hydrogen-bond acceptors (Lipinski definition) is 7. The van der Waals surface area contributed by atoms with Crippen molar-refractivity contribution in [1.29, 1.82) is 0 Å². The lowest BCUT2D eigenvalue weighted by molar-refractivity contribution is -0.142. The molecule has 20 heavy (non-hydrogen) atoms. The van der Waals surface area contributed by atoms with E-state index in [1.165, 1.54) is 0 Å². The van der Waals surface area contributed by atoms with Gasteiger partial charge in [0.05, 0.1) is 26.4 Å². The zero-order chi connectivity index (χ0) is 15.8. The van der Waals surface area contributed by atoms with Crippen molar-refractivity contribution < 1.29 is 37.4 Å². The maximum atomic E-state index is 11.6. The van der Waals surface area contributed by atoms with Crippen LogP contribution in [-0.4, -0.2) is 57.4 Å². The summed E-state index contributed by atoms with van der Waals surface area (Å²) >= 11 is 0. The SMILES string of the molecule is COC(=O)CCC(NS(=O)(=O)CCC(=O)OC)C(=O)O. The van der Waals surface area contributed by atoms with Crippen molar-refractivity contribution in [3.05, 3.63) is 0 Å². The summed E-state index contributed by atoms with van der Waals surface area (Å²) in [5, 5.41) is 8.88. The quantitative estimate of drug-likeness (QED) is 0.511. The number of methoxy groups -OCH3 is 2. The van der Waals surface area contributed by atoms with Crippen molar-refractivity contribution in [2.75, 3.05) is 20.0 Å². The fourth-order valence-electron chi connectivity index (χ4n) is 1.19. The third-order valence-corrected chi connectivity index (χ3v) is 3.67. The second-order valence-corrected chi connectivity index (χ2v) is 5.64. The van der Waals surface area contributed by atoms with Gasteiger partial charge in [-0.3, -0.25) is 14.4 Å². The van der Waals surface area contributed by atoms with Crippen molar-refractivity contribution in [3.63, 3.8) is 0 Å². The van der Waals surface area contributed by atoms with Crippen molar-refractivity contribution >= 4 is 27.9 Å². The standard InChI is InChI=1S/C10H17NO8S/c1-18-8(12)4-3-7(10(14)15)11-20(16,17)6-5-9(13)19-2/h7,11H,3-6H2,1-2H3,(H,14,15). The third kappa shape index (κ3) is 7.69. The van der Waals surface area contributed by atoms with Gasteiger partial charge in [0.1, 0.15) is 6.04 Å². The van der Waals surface area contributed by atoms with Crippen molar-refractivity contribution in [1.82, 2.24) is 4.72 Å². The number of rotatable bonds is 9. The number of nitrogens with one attached hydrogen (secondary N) is 1. The average Bonchev–Trinajstić information content (AvgIpc) is 2.39. The molecule has 0 aromatic carbocycles. The Morgan fingerprint density at radius 1 is 1.10 bits per heavy atom. The number of esters is 2. The second kappa shape index (κ2) is 8.48. The van der Waals surface area contributed by atoms with E-state index in [2.05, 4.69) is 9.47 Å². The number of aliphatic carboxylic acids is 1. The number of carboxylic acids is 1. The van der Waals surface area contributed by atoms with Crippen LogP contribution < -0.4 is 4.72 Å². The summed E-state index contributed by atoms with van der Waals surface area (Å²) in [6.07, 6.45) is -0.887. The van der Waals surface area contributed by atoms with E-state index < -0.39 is 46.1 Å². The van der Waals surface area contributed by atoms with Gasteiger partial charge >= 0.3 is 17.9 Å². The molecular formula is C10H17NO8S. The zero-order valence-corrected chi connectivity index (χ0v) is 11.9. The minimum atomic E-state index is -3.97. The van der Waals surface area contributed by atoms with E-state index in [9.17, 15) is 22.8 Å². The van der Waals surface area contributed by atoms with Crippen molar-refractivity contribution in [3.8, 4) is 0 Å². The number of ether oxygens (including phenoxy) is 2. The smallest absolute Gasteiger partial charge is 0.321 e. The van der Waals surface area contributed by atoms with Crippen LogP contribution in [0.1, 0.15) is 19.3 Å². The highest BCUT2D eigenvalue weighted by molar-refractivity contribution is 7.89. The van der Waals surface area contributed by atoms with Crippen molar-refractivity contribution in [2.24, 2.45) is 0 Å². The predicted molar refractivity (Wildman–Crippen MR) is 66.2 cm³/mol. The summed E-state index contributed by atoms with van der Waals surface area (Å²) in [6, 6.07) is -1.46. The van der Waals surface area contributed by atoms with Gasteiger partial charge in [-0.05, 0) is 6.42 Å². The molecular weight excluding hydrogens is 294 g/mol. The first-order valence-electron chi connectivity index (χ1n) is 5.58. The van der Waals surface area contributed by atoms with E-state index in [0.29, 0.717) is 0 Å². The number of carbonyl (C=O) groups excluding carboxylic acids is 2. The van der Waals surface area contributed by atoms with E-state index in [-0.39, 0.29) is 12.8 Å². The summed E-state index contributed by atoms with van der Waals surface area (Å²) in [5.41, 5.74) is 0. The monoisotopic (exact) mass is 311 g/mol. The molecule has 1 unspecified atom stereocenters. The number of hydrogen-bond donors (Lipinski definition) is 2. The molecule has 0 fully saturated rings. The van der Waals surface area contributed by atoms with Crippen LogP contribution in [-0.2, 0) is 33.9 Å². The maximum absolute atomic E-state index is 11.6. The van der Waals surface area contributed by atoms with Gasteiger partial charge in [-0.1, -0.05) is 0 Å². The van der Waals surface area contributed by atoms with Gasteiger partial charge in [0.25, 0.3) is 0 Å². The molecule has 9 nitrogen and oxygen atoms in total. The Hall–Kier alpha value is -1.68. The predicted octanol–water partition coefficient (Wildman–Crippen LogP) is -1.12. The molecule has 0 spiro atoms. The summed E-state index contributed by atoms with van der Waals surface area (Å²) in [5.74, 6) is -3.39. The molecule has 0 aliphatic rings. The van der Waals surface area contributed by atoms with Crippen LogP contribution in [0.5, 0.6) is 0 Å². The van der Waals surface area contributed by atoms with Crippen LogP contribution in [0.2, 0.25) is 0 Å². The molecule has 2 N–H and O–H groups in total. The maximum Gasteiger partial charge on any atom is 0.321 e. The average molecular weight is 311 g/mol. The molecule has 1 atom stereocenters. The Morgan fingerprint density at radius 2 is 1.60 bits per heavy atom. The Balaban J connectivity index is 4.53. The van der Waals surface area contributed by atoms with Gasteiger partial charge in [0.15, 0.2) is 0 Å². The Morgan fingerprint density at radius 3 is 2.05 bits per heavy atom. The molecule has 0 bridgehead atoms. The lowest BCUT2D eigenvalue weighted by Gasteiger charge is -2.13. The van der Waals surface area contributed by atoms with Crippen LogP contribution in [0, 0.1) is 0 Å². The second-order valence-electron chi connectivity index (χ2n) is 3.77. The molecule has 0 heterocycles. The normalized spacial score (nSPS) is 12.5. The van der Waals surface area contributed by atoms with Gasteiger partial charge in [0, 0.05) is 6.42 Å². The van der Waals surface area contributed by atoms with Gasteiger partial charge in [-0.2, -0.15) is 0 Å². The Kier molecular flexibility index (Phi) is 7.77. The molecule has 0 amide bonds. The van der Waals surface area contributed by atoms with Gasteiger partial charge in [0.2, 0.25) is 10.0 Å². The molecule has 0 saturated carbocycles. The van der Waals surface area contributed by atoms with E-state index in [1.54, 1.807) is 0 Å². The molecule has 0 aliphatic carbocycles. The van der Waals surface area contributed by atoms with Crippen molar-refractivity contribution in [2.45, 2.75) is 25.3 Å². The van der Waals surface area contributed by atoms with Crippen LogP contribution in [0.15, 0.2) is 0 Å². The highest BCUT2D eigenvalue weighted by Gasteiger charge is 2.25. The molecule has 10 heteroatoms. The lowest BCUT2D eigenvalue weighted by Crippen LogP contribution is -2.42. The van der Waals surface area contributed by atoms with Gasteiger partial charge < -0.3 is 14.6 Å². The van der Waals surface area contributed by atoms with Crippen LogP contribution in [0.4, 0.5) is 0 Å². The summed E-state index contributed by atoms with van der Waals surface area (Å²) < 4.78 is 33.7. The zero-order valence-electron chi connectivity index (χ0n) is 11.1. The first kappa shape index (κ1) is 18.3. The van der Waals surface area contributed by atoms with E-state index in [4.69, 9.17) is 5.11 Å². The summed E-state index contributed by atoms with van der Waals surface area (Å²) in [7, 11) is -1.72. The third-order valence-electron chi connectivity index (χ3n) is 2.29. The van der Waals surface area contributed by atoms with Gasteiger partial charge in [-0.25, -0.2) is 13.1 Å². The van der Waals surface area contributed by atoms with Crippen LogP contribution in [0.25, 0.3) is 0 Å². The minimum absolute atomic E-state index is 0.243. The van der Waals surface area contributed by atoms with Gasteiger partial charge in [-0.15, -0.1) is 0 Å². The summed E-state index contributed by atoms with van der Waals surface area (Å²) in [4.78, 5) is 32.6. The first-order chi connectivity index (χ1) is 9.21. The lowest BCUT2D eigenvalue weighted by atomic mass is 10.2. The Bertz CT molecular complexity index is 458. The number of sulfonamides is 1. The highest BCUT2D eigenvalue weighted by Crippen LogP contribution is 2.03. The first-order valence-corrected chi connectivity index (χ1v) is 7.23. The minimum Gasteiger partial charge on any atom is -0.480 e. The molecule has 116 valence electrons. The fourth-order valence-corrected chi connectivity index (χ4v) is 2.40. The topological polar surface area (TPSA) is 136 Å². The van der Waals surface area contributed by atoms with E-state index in [0.717, 1.165) is 14.2 Å². The van der Waals surface area contributed by atoms with Crippen LogP contribution in [0.3, 0.4) is 0 Å². The fraction of sp³-hybridized carbons (Fsp3) is 0.700. The van der Waals surface area contributed by atoms with E-state index in [1.807, 2.05) is 4.72 Å². The molecule has 0 aliphatic heterocycles. The molecule has 0 rings (SSSR count). The molecule has 0 saturated heterocycles. The van der Waals surface area contributed by atoms with E-state index >= 15 is 0 Å². The molecule has 0 aromatic rings. The molecule has 0 radical (unpaired) electrons.